The molecule has 14 heteroatoms. The minimum absolute atomic E-state index is 0.0336. The number of nitrogens with one attached hydrogen (secondary N) is 1. The number of rotatable bonds is 10. The van der Waals surface area contributed by atoms with Crippen molar-refractivity contribution >= 4 is 25.5 Å². The molecule has 5 rings (SSSR count). The van der Waals surface area contributed by atoms with E-state index in [2.05, 4.69) is 10.3 Å². The van der Waals surface area contributed by atoms with Crippen molar-refractivity contribution in [2.75, 3.05) is 64.2 Å². The molecule has 41 heavy (non-hydrogen) atoms. The SMILES string of the molecule is CN1CCOc2ncc(S(=O)(=O)N3CCC4(CC3)C[C@@H](NCC(O)COc3cccc(CS(C)(=O)=O)c3)CO4)cc21. The molecular formula is C27H38N4O8S2. The zero-order valence-corrected chi connectivity index (χ0v) is 25.0. The summed E-state index contributed by atoms with van der Waals surface area (Å²) < 4.78 is 68.7. The molecule has 0 bridgehead atoms. The molecule has 4 heterocycles. The number of piperidine rings is 1. The molecule has 3 aliphatic heterocycles. The fourth-order valence-corrected chi connectivity index (χ4v) is 7.73. The van der Waals surface area contributed by atoms with Crippen LogP contribution in [0.15, 0.2) is 41.4 Å². The third-order valence-corrected chi connectivity index (χ3v) is 10.5. The minimum Gasteiger partial charge on any atom is -0.491 e. The average molecular weight is 611 g/mol. The van der Waals surface area contributed by atoms with E-state index in [0.717, 1.165) is 6.42 Å². The van der Waals surface area contributed by atoms with Crippen molar-refractivity contribution in [2.45, 2.75) is 47.7 Å². The number of aliphatic hydroxyl groups is 1. The molecule has 0 radical (unpaired) electrons. The number of aromatic nitrogens is 1. The number of anilines is 1. The molecule has 1 unspecified atom stereocenters. The normalized spacial score (nSPS) is 21.8. The summed E-state index contributed by atoms with van der Waals surface area (Å²) in [5, 5.41) is 13.8. The Bertz CT molecular complexity index is 1440. The van der Waals surface area contributed by atoms with E-state index in [1.807, 2.05) is 11.9 Å². The molecule has 2 aromatic rings. The van der Waals surface area contributed by atoms with Gasteiger partial charge in [0.1, 0.15) is 35.7 Å². The summed E-state index contributed by atoms with van der Waals surface area (Å²) in [6.45, 7) is 2.73. The number of benzene rings is 1. The first-order valence-corrected chi connectivity index (χ1v) is 17.2. The van der Waals surface area contributed by atoms with Gasteiger partial charge in [-0.15, -0.1) is 0 Å². The van der Waals surface area contributed by atoms with E-state index in [1.54, 1.807) is 30.3 Å². The Hall–Kier alpha value is -2.49. The maximum Gasteiger partial charge on any atom is 0.244 e. The number of nitrogens with zero attached hydrogens (tertiary/aromatic N) is 3. The number of likely N-dealkylation sites (N-methyl/N-ethyl adjacent to an activating group) is 1. The van der Waals surface area contributed by atoms with E-state index in [-0.39, 0.29) is 23.3 Å². The Kier molecular flexibility index (Phi) is 8.79. The summed E-state index contributed by atoms with van der Waals surface area (Å²) in [7, 11) is -4.96. The van der Waals surface area contributed by atoms with Gasteiger partial charge in [0.25, 0.3) is 0 Å². The lowest BCUT2D eigenvalue weighted by Gasteiger charge is -2.38. The largest absolute Gasteiger partial charge is 0.491 e. The number of fused-ring (bicyclic) bond motifs is 1. The molecule has 12 nitrogen and oxygen atoms in total. The molecule has 1 aromatic carbocycles. The lowest BCUT2D eigenvalue weighted by atomic mass is 9.88. The molecule has 3 aliphatic rings. The molecule has 226 valence electrons. The van der Waals surface area contributed by atoms with Crippen molar-refractivity contribution in [2.24, 2.45) is 0 Å². The van der Waals surface area contributed by atoms with Gasteiger partial charge in [-0.25, -0.2) is 21.8 Å². The van der Waals surface area contributed by atoms with E-state index in [1.165, 1.54) is 16.8 Å². The maximum atomic E-state index is 13.4. The van der Waals surface area contributed by atoms with Gasteiger partial charge in [0.15, 0.2) is 9.84 Å². The van der Waals surface area contributed by atoms with Crippen LogP contribution < -0.4 is 19.7 Å². The smallest absolute Gasteiger partial charge is 0.244 e. The van der Waals surface area contributed by atoms with Gasteiger partial charge in [0.2, 0.25) is 15.9 Å². The van der Waals surface area contributed by atoms with Gasteiger partial charge in [-0.1, -0.05) is 12.1 Å². The topological polar surface area (TPSA) is 148 Å². The lowest BCUT2D eigenvalue weighted by Crippen LogP contribution is -2.47. The van der Waals surface area contributed by atoms with Gasteiger partial charge in [-0.2, -0.15) is 4.31 Å². The van der Waals surface area contributed by atoms with E-state index in [9.17, 15) is 21.9 Å². The Morgan fingerprint density at radius 3 is 2.73 bits per heavy atom. The van der Waals surface area contributed by atoms with Gasteiger partial charge in [0.05, 0.1) is 30.7 Å². The van der Waals surface area contributed by atoms with Crippen LogP contribution in [0.25, 0.3) is 0 Å². The van der Waals surface area contributed by atoms with Crippen LogP contribution >= 0.6 is 0 Å². The Morgan fingerprint density at radius 2 is 1.98 bits per heavy atom. The van der Waals surface area contributed by atoms with Crippen LogP contribution in [-0.2, 0) is 30.4 Å². The van der Waals surface area contributed by atoms with Crippen LogP contribution in [0.4, 0.5) is 5.69 Å². The van der Waals surface area contributed by atoms with Gasteiger partial charge in [-0.05, 0) is 43.0 Å². The standard InChI is InChI=1S/C27H38N4O8S2/c1-30-10-11-37-26-25(30)13-24(16-29-26)41(35,36)31-8-6-27(7-9-31)14-21(17-39-27)28-15-22(32)18-38-23-5-3-4-20(12-23)19-40(2,33)34/h3-5,12-13,16,21-22,28,32H,6-11,14-15,17-19H2,1-2H3/t21-,22?/m1/s1. The lowest BCUT2D eigenvalue weighted by molar-refractivity contribution is -0.0312. The zero-order chi connectivity index (χ0) is 29.3. The second-order valence-corrected chi connectivity index (χ2v) is 15.2. The molecule has 2 N–H and O–H groups in total. The highest BCUT2D eigenvalue weighted by molar-refractivity contribution is 7.90. The molecule has 0 aliphatic carbocycles. The summed E-state index contributed by atoms with van der Waals surface area (Å²) in [6, 6.07) is 8.50. The highest BCUT2D eigenvalue weighted by Gasteiger charge is 2.45. The minimum atomic E-state index is -3.70. The molecular weight excluding hydrogens is 572 g/mol. The highest BCUT2D eigenvalue weighted by Crippen LogP contribution is 2.38. The summed E-state index contributed by atoms with van der Waals surface area (Å²) >= 11 is 0. The molecule has 1 aromatic heterocycles. The van der Waals surface area contributed by atoms with E-state index < -0.39 is 31.6 Å². The number of hydrogen-bond donors (Lipinski definition) is 2. The first-order chi connectivity index (χ1) is 19.4. The van der Waals surface area contributed by atoms with E-state index in [4.69, 9.17) is 14.2 Å². The third kappa shape index (κ3) is 7.30. The van der Waals surface area contributed by atoms with Gasteiger partial charge < -0.3 is 29.5 Å². The Labute approximate surface area is 241 Å². The van der Waals surface area contributed by atoms with Crippen molar-refractivity contribution in [3.63, 3.8) is 0 Å². The first kappa shape index (κ1) is 30.0. The van der Waals surface area contributed by atoms with Crippen molar-refractivity contribution in [1.82, 2.24) is 14.6 Å². The number of pyridine rings is 1. The Morgan fingerprint density at radius 1 is 1.20 bits per heavy atom. The van der Waals surface area contributed by atoms with Crippen LogP contribution in [0.1, 0.15) is 24.8 Å². The number of hydrogen-bond acceptors (Lipinski definition) is 11. The fourth-order valence-electron chi connectivity index (χ4n) is 5.54. The van der Waals surface area contributed by atoms with E-state index >= 15 is 0 Å². The van der Waals surface area contributed by atoms with Gasteiger partial charge >= 0.3 is 0 Å². The molecule has 2 atom stereocenters. The number of aliphatic hydroxyl groups excluding tert-OH is 1. The summed E-state index contributed by atoms with van der Waals surface area (Å²) in [5.41, 5.74) is 0.909. The monoisotopic (exact) mass is 610 g/mol. The highest BCUT2D eigenvalue weighted by atomic mass is 32.2. The fraction of sp³-hybridized carbons (Fsp3) is 0.593. The average Bonchev–Trinajstić information content (AvgIpc) is 3.32. The molecule has 1 spiro atoms. The van der Waals surface area contributed by atoms with Crippen LogP contribution in [0.2, 0.25) is 0 Å². The molecule has 0 saturated carbocycles. The number of sulfone groups is 1. The quantitative estimate of drug-likeness (QED) is 0.394. The second-order valence-electron chi connectivity index (χ2n) is 11.2. The van der Waals surface area contributed by atoms with Crippen molar-refractivity contribution in [1.29, 1.82) is 0 Å². The molecule has 2 saturated heterocycles. The maximum absolute atomic E-state index is 13.4. The summed E-state index contributed by atoms with van der Waals surface area (Å²) in [6.07, 6.45) is 3.67. The van der Waals surface area contributed by atoms with Crippen LogP contribution in [-0.4, -0.2) is 108 Å². The van der Waals surface area contributed by atoms with E-state index in [0.29, 0.717) is 75.1 Å². The van der Waals surface area contributed by atoms with Crippen molar-refractivity contribution < 1.29 is 36.2 Å². The summed E-state index contributed by atoms with van der Waals surface area (Å²) in [5.74, 6) is 0.880. The predicted molar refractivity (Wildman–Crippen MR) is 153 cm³/mol. The van der Waals surface area contributed by atoms with Gasteiger partial charge in [-0.3, -0.25) is 0 Å². The zero-order valence-electron chi connectivity index (χ0n) is 23.4. The number of sulfonamides is 1. The number of ether oxygens (including phenoxy) is 3. The van der Waals surface area contributed by atoms with Crippen molar-refractivity contribution in [3.8, 4) is 11.6 Å². The predicted octanol–water partition coefficient (Wildman–Crippen LogP) is 0.797. The summed E-state index contributed by atoms with van der Waals surface area (Å²) in [4.78, 5) is 6.34. The van der Waals surface area contributed by atoms with Crippen LogP contribution in [0.5, 0.6) is 11.6 Å². The third-order valence-electron chi connectivity index (χ3n) is 7.78. The second kappa shape index (κ2) is 12.0. The molecule has 2 fully saturated rings. The Balaban J connectivity index is 1.08. The van der Waals surface area contributed by atoms with Crippen LogP contribution in [0, 0.1) is 0 Å². The van der Waals surface area contributed by atoms with Crippen molar-refractivity contribution in [3.05, 3.63) is 42.1 Å². The van der Waals surface area contributed by atoms with Crippen LogP contribution in [0.3, 0.4) is 0 Å². The first-order valence-electron chi connectivity index (χ1n) is 13.7. The molecule has 0 amide bonds. The van der Waals surface area contributed by atoms with Gasteiger partial charge in [0, 0.05) is 39.0 Å².